The van der Waals surface area contributed by atoms with E-state index in [4.69, 9.17) is 54.1 Å². The summed E-state index contributed by atoms with van der Waals surface area (Å²) in [6.45, 7) is 6.69. The van der Waals surface area contributed by atoms with Gasteiger partial charge in [0.25, 0.3) is 5.69 Å². The Morgan fingerprint density at radius 3 is 1.61 bits per heavy atom. The van der Waals surface area contributed by atoms with Gasteiger partial charge in [0.1, 0.15) is 17.2 Å². The molecule has 69 heavy (non-hydrogen) atoms. The molecule has 12 N–H and O–H groups in total. The first-order valence-electron chi connectivity index (χ1n) is 18.3. The number of fused-ring (bicyclic) bond motifs is 1. The quantitative estimate of drug-likeness (QED) is 0.0150. The molecule has 2 radical (unpaired) electrons. The summed E-state index contributed by atoms with van der Waals surface area (Å²) in [6.07, 6.45) is 2.28. The van der Waals surface area contributed by atoms with Crippen LogP contribution in [0.5, 0.6) is 23.0 Å². The normalized spacial score (nSPS) is 10.0. The smallest absolute Gasteiger partial charge is 1.00 e. The van der Waals surface area contributed by atoms with Gasteiger partial charge in [0.15, 0.2) is 5.75 Å². The second-order valence-electron chi connectivity index (χ2n) is 12.7. The van der Waals surface area contributed by atoms with Crippen molar-refractivity contribution in [3.63, 3.8) is 0 Å². The van der Waals surface area contributed by atoms with Crippen molar-refractivity contribution in [3.05, 3.63) is 146 Å². The molecule has 0 aromatic heterocycles. The van der Waals surface area contributed by atoms with Crippen LogP contribution < -0.4 is 84.1 Å². The number of non-ortho nitro benzene ring substituents is 1. The summed E-state index contributed by atoms with van der Waals surface area (Å²) in [4.78, 5) is 22.1. The van der Waals surface area contributed by atoms with Gasteiger partial charge >= 0.3 is 93.8 Å². The molecule has 0 spiro atoms. The van der Waals surface area contributed by atoms with E-state index in [1.165, 1.54) is 36.8 Å². The van der Waals surface area contributed by atoms with E-state index in [-0.39, 0.29) is 80.4 Å². The number of hydrogen-bond donors (Lipinski definition) is 9. The summed E-state index contributed by atoms with van der Waals surface area (Å²) in [5, 5.41) is 76.8. The molecule has 29 heteroatoms. The third kappa shape index (κ3) is 48.5. The van der Waals surface area contributed by atoms with Crippen molar-refractivity contribution in [3.8, 4) is 23.0 Å². The molecular formula is C40H50Br7Cl2KN6O12Sn. The molecule has 1 aliphatic heterocycles. The summed E-state index contributed by atoms with van der Waals surface area (Å²) in [5.41, 5.74) is 6.88. The fourth-order valence-electron chi connectivity index (χ4n) is 3.50. The first-order chi connectivity index (χ1) is 31.4. The van der Waals surface area contributed by atoms with Crippen LogP contribution >= 0.6 is 129 Å². The van der Waals surface area contributed by atoms with Crippen molar-refractivity contribution >= 4 is 171 Å². The Morgan fingerprint density at radius 1 is 0.783 bits per heavy atom. The van der Waals surface area contributed by atoms with Crippen LogP contribution in [0, 0.1) is 20.2 Å². The minimum Gasteiger partial charge on any atom is 1.00 e. The summed E-state index contributed by atoms with van der Waals surface area (Å²) in [5.74, 6) is 1.02. The molecule has 5 aromatic rings. The molecule has 5 aromatic carbocycles. The second kappa shape index (κ2) is 48.8. The Balaban J connectivity index is -0.000000228. The van der Waals surface area contributed by atoms with Gasteiger partial charge in [-0.2, -0.15) is 0 Å². The average Bonchev–Trinajstić information content (AvgIpc) is 3.49. The van der Waals surface area contributed by atoms with Crippen LogP contribution in [0.1, 0.15) is 33.6 Å². The van der Waals surface area contributed by atoms with E-state index < -0.39 is 34.3 Å². The van der Waals surface area contributed by atoms with Crippen molar-refractivity contribution < 1.29 is 102 Å². The van der Waals surface area contributed by atoms with Crippen molar-refractivity contribution in [2.75, 3.05) is 34.9 Å². The minimum absolute atomic E-state index is 0. The third-order valence-electron chi connectivity index (χ3n) is 6.12. The number of anilines is 2. The number of aromatic hydroxyl groups is 3. The van der Waals surface area contributed by atoms with Crippen LogP contribution in [0.15, 0.2) is 125 Å². The van der Waals surface area contributed by atoms with E-state index in [2.05, 4.69) is 122 Å². The first-order valence-corrected chi connectivity index (χ1v) is 31.7. The van der Waals surface area contributed by atoms with Crippen LogP contribution in [0.25, 0.3) is 0 Å². The molecule has 0 saturated carbocycles. The Kier molecular flexibility index (Phi) is 54.9. The predicted molar refractivity (Wildman–Crippen MR) is 295 cm³/mol. The molecule has 380 valence electrons. The zero-order chi connectivity index (χ0) is 52.0. The monoisotopic (exact) mass is 1590 g/mol. The molecule has 18 nitrogen and oxygen atoms in total. The number of nitro groups is 2. The van der Waals surface area contributed by atoms with Crippen molar-refractivity contribution in [2.45, 2.75) is 39.2 Å². The number of phenols is 3. The fraction of sp³-hybridized carbons (Fsp3) is 0.250. The SMILES string of the molecule is BrCCCBr.Brc1ccc2c(c1)OCCCN2.CC(C)(C)[O-].N.Nc1ccc(Br)cc1O.O=[N+]([O-])c1ccc(Br)cc1.O=[N+]([O-])c1ccc(Br)cc1O.ONOO.Oc1cccc(Br)c1.[Cl][Sn][Cl].[K+]. The van der Waals surface area contributed by atoms with E-state index >= 15 is 0 Å². The van der Waals surface area contributed by atoms with Gasteiger partial charge < -0.3 is 42.4 Å². The molecule has 1 heterocycles. The fourth-order valence-corrected chi connectivity index (χ4v) is 6.50. The summed E-state index contributed by atoms with van der Waals surface area (Å²) in [6, 6.07) is 28.1. The molecular weight excluding hydrogens is 1540 g/mol. The molecule has 0 saturated heterocycles. The number of nitrogen functional groups attached to an aromatic ring is 1. The molecule has 6 rings (SSSR count). The Labute approximate surface area is 519 Å². The van der Waals surface area contributed by atoms with E-state index in [9.17, 15) is 25.3 Å². The van der Waals surface area contributed by atoms with Crippen LogP contribution in [0.2, 0.25) is 0 Å². The maximum Gasteiger partial charge on any atom is 1.00 e. The number of benzene rings is 5. The van der Waals surface area contributed by atoms with Gasteiger partial charge in [-0.25, -0.2) is 5.26 Å². The number of nitrogens with one attached hydrogen (secondary N) is 2. The average molecular weight is 1590 g/mol. The van der Waals surface area contributed by atoms with Gasteiger partial charge in [-0.3, -0.25) is 25.4 Å². The Bertz CT molecular complexity index is 2090. The number of hydrogen-bond acceptors (Lipinski definition) is 16. The topological polar surface area (TPSA) is 314 Å². The number of alkyl halides is 2. The molecule has 0 aliphatic carbocycles. The van der Waals surface area contributed by atoms with E-state index in [1.807, 2.05) is 24.3 Å². The molecule has 0 amide bonds. The second-order valence-corrected chi connectivity index (χ2v) is 23.1. The van der Waals surface area contributed by atoms with Crippen molar-refractivity contribution in [1.29, 1.82) is 0 Å². The molecule has 0 fully saturated rings. The predicted octanol–water partition coefficient (Wildman–Crippen LogP) is 10.8. The van der Waals surface area contributed by atoms with Gasteiger partial charge in [0.05, 0.1) is 27.8 Å². The Hall–Kier alpha value is -0.165. The third-order valence-corrected chi connectivity index (χ3v) is 9.74. The standard InChI is InChI=1S/C9H10BrNO.C6H4BrNO3.C6H4BrNO2.C6H6BrNO.C6H5BrO.C4H9O.C3H6Br2.2ClH.K.H3NO3.H3N.Sn/c10-7-2-3-8-9(6-7)12-5-1-4-11-8;7-4-1-2-5(8(10)11)6(9)3-4;7-5-1-3-6(4-2-5)8(9)10;7-4-1-2-5(8)6(9)3-4;7-5-2-1-3-6(8)4-5;1-4(2,3)5;4-2-1-3-5;;;;2-1-4-3;;/h2-3,6,11H,1,4-5H2;1-3,9H;1-4H;1-3,9H,8H2;1-4,8H;1-3H3;1-3H2;2*1H;;1-3H;1H3;/q;;;;;-1;;;;+1;;;+2/p-2. The zero-order valence-corrected chi connectivity index (χ0v) is 55.8. The van der Waals surface area contributed by atoms with Crippen molar-refractivity contribution in [2.24, 2.45) is 0 Å². The van der Waals surface area contributed by atoms with E-state index in [1.54, 1.807) is 69.3 Å². The van der Waals surface area contributed by atoms with Gasteiger partial charge in [0.2, 0.25) is 0 Å². The van der Waals surface area contributed by atoms with Gasteiger partial charge in [0, 0.05) is 63.8 Å². The zero-order valence-electron chi connectivity index (χ0n) is 37.2. The molecule has 0 unspecified atom stereocenters. The number of rotatable bonds is 5. The largest absolute Gasteiger partial charge is 1.00 e. The Morgan fingerprint density at radius 2 is 1.23 bits per heavy atom. The molecule has 0 bridgehead atoms. The number of phenolic OH excluding ortho intramolecular Hbond substituents is 3. The van der Waals surface area contributed by atoms with Crippen LogP contribution in [0.3, 0.4) is 0 Å². The summed E-state index contributed by atoms with van der Waals surface area (Å²) in [7, 11) is 9.87. The van der Waals surface area contributed by atoms with Gasteiger partial charge in [-0.1, -0.05) is 138 Å². The summed E-state index contributed by atoms with van der Waals surface area (Å²) >= 11 is 21.8. The van der Waals surface area contributed by atoms with Crippen LogP contribution in [0.4, 0.5) is 22.7 Å². The maximum absolute atomic E-state index is 10.2. The minimum atomic E-state index is -0.826. The van der Waals surface area contributed by atoms with E-state index in [0.717, 1.165) is 65.2 Å². The number of halogens is 9. The number of nitrogens with two attached hydrogens (primary N) is 1. The van der Waals surface area contributed by atoms with Gasteiger partial charge in [-0.05, 0) is 91.3 Å². The van der Waals surface area contributed by atoms with Crippen LogP contribution in [-0.2, 0) is 4.99 Å². The number of nitrogens with zero attached hydrogens (tertiary/aromatic N) is 2. The van der Waals surface area contributed by atoms with E-state index in [0.29, 0.717) is 15.9 Å². The van der Waals surface area contributed by atoms with Gasteiger partial charge in [-0.15, -0.1) is 10.6 Å². The van der Waals surface area contributed by atoms with Crippen molar-refractivity contribution in [1.82, 2.24) is 11.8 Å². The maximum atomic E-state index is 10.2. The molecule has 1 aliphatic rings. The first kappa shape index (κ1) is 77.7. The summed E-state index contributed by atoms with van der Waals surface area (Å²) < 4.78 is 9.78. The number of nitro benzene ring substituents is 2. The molecule has 0 atom stereocenters. The number of ether oxygens (including phenoxy) is 1. The van der Waals surface area contributed by atoms with Crippen LogP contribution in [-0.4, -0.2) is 83.9 Å².